The van der Waals surface area contributed by atoms with Gasteiger partial charge in [0.25, 0.3) is 0 Å². The molecule has 4 heteroatoms. The topological polar surface area (TPSA) is 33.4 Å². The van der Waals surface area contributed by atoms with Crippen molar-refractivity contribution in [3.8, 4) is 11.3 Å². The van der Waals surface area contributed by atoms with Crippen molar-refractivity contribution in [3.05, 3.63) is 48.9 Å². The van der Waals surface area contributed by atoms with E-state index in [1.165, 1.54) is 18.5 Å². The Morgan fingerprint density at radius 3 is 2.80 bits per heavy atom. The van der Waals surface area contributed by atoms with E-state index in [-0.39, 0.29) is 0 Å². The molecule has 1 aromatic carbocycles. The van der Waals surface area contributed by atoms with Crippen LogP contribution in [0.1, 0.15) is 12.8 Å². The molecule has 2 aromatic heterocycles. The van der Waals surface area contributed by atoms with Crippen molar-refractivity contribution < 1.29 is 0 Å². The van der Waals surface area contributed by atoms with Gasteiger partial charge in [0.15, 0.2) is 0 Å². The SMILES string of the molecule is c1cc(-c2cn3cccnc3n2)cc(N2CCCC2)c1. The van der Waals surface area contributed by atoms with Crippen molar-refractivity contribution in [1.82, 2.24) is 14.4 Å². The number of benzene rings is 1. The van der Waals surface area contributed by atoms with Gasteiger partial charge in [-0.15, -0.1) is 0 Å². The van der Waals surface area contributed by atoms with E-state index in [9.17, 15) is 0 Å². The van der Waals surface area contributed by atoms with E-state index in [2.05, 4.69) is 39.1 Å². The zero-order valence-electron chi connectivity index (χ0n) is 11.2. The summed E-state index contributed by atoms with van der Waals surface area (Å²) < 4.78 is 1.96. The zero-order valence-corrected chi connectivity index (χ0v) is 11.2. The van der Waals surface area contributed by atoms with E-state index < -0.39 is 0 Å². The summed E-state index contributed by atoms with van der Waals surface area (Å²) >= 11 is 0. The Morgan fingerprint density at radius 1 is 1.05 bits per heavy atom. The highest BCUT2D eigenvalue weighted by Crippen LogP contribution is 2.26. The first-order chi connectivity index (χ1) is 9.90. The Hall–Kier alpha value is -2.36. The highest BCUT2D eigenvalue weighted by molar-refractivity contribution is 5.67. The minimum atomic E-state index is 0.745. The van der Waals surface area contributed by atoms with Gasteiger partial charge in [0.2, 0.25) is 5.78 Å². The van der Waals surface area contributed by atoms with E-state index in [1.54, 1.807) is 6.20 Å². The van der Waals surface area contributed by atoms with Gasteiger partial charge in [-0.2, -0.15) is 0 Å². The lowest BCUT2D eigenvalue weighted by molar-refractivity contribution is 0.949. The first-order valence-corrected chi connectivity index (χ1v) is 7.05. The minimum absolute atomic E-state index is 0.745. The summed E-state index contributed by atoms with van der Waals surface area (Å²) in [6.45, 7) is 2.33. The van der Waals surface area contributed by atoms with E-state index >= 15 is 0 Å². The second-order valence-electron chi connectivity index (χ2n) is 5.20. The number of hydrogen-bond acceptors (Lipinski definition) is 3. The summed E-state index contributed by atoms with van der Waals surface area (Å²) in [4.78, 5) is 11.3. The molecule has 0 amide bonds. The summed E-state index contributed by atoms with van der Waals surface area (Å²) in [5.41, 5.74) is 3.43. The van der Waals surface area contributed by atoms with Gasteiger partial charge in [-0.3, -0.25) is 4.40 Å². The Morgan fingerprint density at radius 2 is 1.95 bits per heavy atom. The predicted octanol–water partition coefficient (Wildman–Crippen LogP) is 3.00. The number of rotatable bonds is 2. The third kappa shape index (κ3) is 1.93. The summed E-state index contributed by atoms with van der Waals surface area (Å²) in [7, 11) is 0. The van der Waals surface area contributed by atoms with E-state index in [0.29, 0.717) is 0 Å². The molecule has 0 unspecified atom stereocenters. The van der Waals surface area contributed by atoms with Crippen molar-refractivity contribution in [3.63, 3.8) is 0 Å². The number of fused-ring (bicyclic) bond motifs is 1. The van der Waals surface area contributed by atoms with Crippen LogP contribution in [0.3, 0.4) is 0 Å². The van der Waals surface area contributed by atoms with Crippen LogP contribution in [-0.4, -0.2) is 27.5 Å². The Labute approximate surface area is 117 Å². The maximum atomic E-state index is 4.58. The molecule has 0 N–H and O–H groups in total. The van der Waals surface area contributed by atoms with Crippen LogP contribution in [0, 0.1) is 0 Å². The van der Waals surface area contributed by atoms with Crippen LogP contribution in [0.2, 0.25) is 0 Å². The molecule has 0 radical (unpaired) electrons. The first-order valence-electron chi connectivity index (χ1n) is 7.05. The molecular formula is C16H16N4. The first kappa shape index (κ1) is 11.5. The number of hydrogen-bond donors (Lipinski definition) is 0. The summed E-state index contributed by atoms with van der Waals surface area (Å²) in [5, 5.41) is 0. The maximum Gasteiger partial charge on any atom is 0.234 e. The highest BCUT2D eigenvalue weighted by Gasteiger charge is 2.13. The lowest BCUT2D eigenvalue weighted by atomic mass is 10.1. The van der Waals surface area contributed by atoms with Crippen LogP contribution < -0.4 is 4.90 Å². The Balaban J connectivity index is 1.75. The number of aromatic nitrogens is 3. The molecule has 20 heavy (non-hydrogen) atoms. The lowest BCUT2D eigenvalue weighted by Crippen LogP contribution is -2.17. The average Bonchev–Trinajstić information content (AvgIpc) is 3.16. The predicted molar refractivity (Wildman–Crippen MR) is 79.9 cm³/mol. The molecule has 4 nitrogen and oxygen atoms in total. The average molecular weight is 264 g/mol. The van der Waals surface area contributed by atoms with Gasteiger partial charge in [-0.1, -0.05) is 12.1 Å². The second-order valence-corrected chi connectivity index (χ2v) is 5.20. The van der Waals surface area contributed by atoms with Crippen LogP contribution >= 0.6 is 0 Å². The molecule has 0 atom stereocenters. The largest absolute Gasteiger partial charge is 0.372 e. The molecule has 0 bridgehead atoms. The molecular weight excluding hydrogens is 248 g/mol. The lowest BCUT2D eigenvalue weighted by Gasteiger charge is -2.17. The standard InChI is InChI=1S/C16H16N4/c1-2-9-19(8-1)14-6-3-5-13(11-14)15-12-20-10-4-7-17-16(20)18-15/h3-7,10-12H,1-2,8-9H2. The zero-order chi connectivity index (χ0) is 13.4. The van der Waals surface area contributed by atoms with E-state index in [4.69, 9.17) is 0 Å². The van der Waals surface area contributed by atoms with Crippen molar-refractivity contribution in [2.75, 3.05) is 18.0 Å². The van der Waals surface area contributed by atoms with Gasteiger partial charge in [-0.05, 0) is 31.0 Å². The van der Waals surface area contributed by atoms with Crippen molar-refractivity contribution in [2.24, 2.45) is 0 Å². The fraction of sp³-hybridized carbons (Fsp3) is 0.250. The van der Waals surface area contributed by atoms with Crippen molar-refractivity contribution >= 4 is 11.5 Å². The van der Waals surface area contributed by atoms with Gasteiger partial charge >= 0.3 is 0 Å². The molecule has 0 saturated carbocycles. The van der Waals surface area contributed by atoms with Crippen molar-refractivity contribution in [2.45, 2.75) is 12.8 Å². The summed E-state index contributed by atoms with van der Waals surface area (Å²) in [6, 6.07) is 10.6. The Bertz CT molecular complexity index is 708. The monoisotopic (exact) mass is 264 g/mol. The fourth-order valence-electron chi connectivity index (χ4n) is 2.81. The molecule has 1 saturated heterocycles. The van der Waals surface area contributed by atoms with Crippen LogP contribution in [0.15, 0.2) is 48.9 Å². The minimum Gasteiger partial charge on any atom is -0.372 e. The normalized spacial score (nSPS) is 15.1. The van der Waals surface area contributed by atoms with Crippen LogP contribution in [0.5, 0.6) is 0 Å². The quantitative estimate of drug-likeness (QED) is 0.713. The van der Waals surface area contributed by atoms with Gasteiger partial charge in [0.1, 0.15) is 0 Å². The molecule has 3 heterocycles. The van der Waals surface area contributed by atoms with Crippen LogP contribution in [-0.2, 0) is 0 Å². The second kappa shape index (κ2) is 4.63. The molecule has 1 aliphatic rings. The molecule has 0 spiro atoms. The molecule has 1 fully saturated rings. The van der Waals surface area contributed by atoms with Gasteiger partial charge in [-0.25, -0.2) is 9.97 Å². The van der Waals surface area contributed by atoms with E-state index in [0.717, 1.165) is 30.1 Å². The molecule has 0 aliphatic carbocycles. The summed E-state index contributed by atoms with van der Waals surface area (Å²) in [5.74, 6) is 0.745. The summed E-state index contributed by atoms with van der Waals surface area (Å²) in [6.07, 6.45) is 8.37. The molecule has 1 aliphatic heterocycles. The van der Waals surface area contributed by atoms with Gasteiger partial charge in [0.05, 0.1) is 5.69 Å². The number of anilines is 1. The van der Waals surface area contributed by atoms with Gasteiger partial charge in [0, 0.05) is 42.9 Å². The number of imidazole rings is 1. The number of nitrogens with zero attached hydrogens (tertiary/aromatic N) is 4. The molecule has 3 aromatic rings. The highest BCUT2D eigenvalue weighted by atomic mass is 15.1. The fourth-order valence-corrected chi connectivity index (χ4v) is 2.81. The van der Waals surface area contributed by atoms with Crippen molar-refractivity contribution in [1.29, 1.82) is 0 Å². The Kier molecular flexibility index (Phi) is 2.66. The third-order valence-corrected chi connectivity index (χ3v) is 3.85. The van der Waals surface area contributed by atoms with Crippen LogP contribution in [0.25, 0.3) is 17.0 Å². The smallest absolute Gasteiger partial charge is 0.234 e. The van der Waals surface area contributed by atoms with Crippen LogP contribution in [0.4, 0.5) is 5.69 Å². The molecule has 4 rings (SSSR count). The maximum absolute atomic E-state index is 4.58. The molecule has 100 valence electrons. The third-order valence-electron chi connectivity index (χ3n) is 3.85. The van der Waals surface area contributed by atoms with E-state index in [1.807, 2.05) is 22.9 Å². The van der Waals surface area contributed by atoms with Gasteiger partial charge < -0.3 is 4.90 Å².